The van der Waals surface area contributed by atoms with Gasteiger partial charge in [-0.1, -0.05) is 167 Å². The summed E-state index contributed by atoms with van der Waals surface area (Å²) < 4.78 is 0. The molecule has 0 radical (unpaired) electrons. The van der Waals surface area contributed by atoms with Gasteiger partial charge in [0.1, 0.15) is 0 Å². The Morgan fingerprint density at radius 3 is 1.27 bits per heavy atom. The molecule has 0 N–H and O–H groups in total. The summed E-state index contributed by atoms with van der Waals surface area (Å²) in [6.45, 7) is 9.58. The van der Waals surface area contributed by atoms with Crippen LogP contribution in [0, 0.1) is 5.92 Å². The fourth-order valence-electron chi connectivity index (χ4n) is 11.9. The van der Waals surface area contributed by atoms with Gasteiger partial charge in [0.05, 0.1) is 5.41 Å². The largest absolute Gasteiger partial charge is 0.310 e. The first-order valence-corrected chi connectivity index (χ1v) is 20.3. The van der Waals surface area contributed by atoms with E-state index in [1.54, 1.807) is 0 Å². The van der Waals surface area contributed by atoms with Gasteiger partial charge >= 0.3 is 0 Å². The van der Waals surface area contributed by atoms with Crippen molar-refractivity contribution in [1.82, 2.24) is 0 Å². The van der Waals surface area contributed by atoms with Gasteiger partial charge < -0.3 is 4.90 Å². The van der Waals surface area contributed by atoms with Crippen molar-refractivity contribution in [1.29, 1.82) is 0 Å². The van der Waals surface area contributed by atoms with Gasteiger partial charge in [-0.05, 0) is 120 Å². The Bertz CT molecular complexity index is 2760. The third-order valence-corrected chi connectivity index (χ3v) is 14.3. The zero-order valence-electron chi connectivity index (χ0n) is 32.4. The predicted octanol–water partition coefficient (Wildman–Crippen LogP) is 13.8. The lowest BCUT2D eigenvalue weighted by Crippen LogP contribution is -2.33. The number of allylic oxidation sites excluding steroid dienone is 3. The molecule has 0 amide bonds. The molecule has 268 valence electrons. The molecule has 5 aliphatic carbocycles. The van der Waals surface area contributed by atoms with Gasteiger partial charge in [0, 0.05) is 33.8 Å². The van der Waals surface area contributed by atoms with Crippen molar-refractivity contribution in [2.45, 2.75) is 50.4 Å². The Labute approximate surface area is 330 Å². The molecule has 5 aliphatic rings. The van der Waals surface area contributed by atoms with E-state index in [4.69, 9.17) is 0 Å². The lowest BCUT2D eigenvalue weighted by atomic mass is 9.65. The number of hydrogen-bond donors (Lipinski definition) is 0. The Morgan fingerprint density at radius 1 is 0.411 bits per heavy atom. The Balaban J connectivity index is 1.14. The van der Waals surface area contributed by atoms with Crippen LogP contribution in [0.3, 0.4) is 0 Å². The molecule has 1 unspecified atom stereocenters. The molecule has 12 rings (SSSR count). The fourth-order valence-corrected chi connectivity index (χ4v) is 11.9. The van der Waals surface area contributed by atoms with Crippen LogP contribution in [0.5, 0.6) is 0 Å². The van der Waals surface area contributed by atoms with Crippen LogP contribution < -0.4 is 4.90 Å². The summed E-state index contributed by atoms with van der Waals surface area (Å²) in [7, 11) is 0. The summed E-state index contributed by atoms with van der Waals surface area (Å²) in [6, 6.07) is 60.3. The molecule has 0 fully saturated rings. The van der Waals surface area contributed by atoms with Gasteiger partial charge in [0.15, 0.2) is 0 Å². The summed E-state index contributed by atoms with van der Waals surface area (Å²) in [5.74, 6) is 0.234. The molecule has 1 spiro atoms. The third kappa shape index (κ3) is 3.86. The van der Waals surface area contributed by atoms with E-state index >= 15 is 0 Å². The van der Waals surface area contributed by atoms with E-state index in [2.05, 4.69) is 202 Å². The van der Waals surface area contributed by atoms with E-state index in [9.17, 15) is 0 Å². The van der Waals surface area contributed by atoms with E-state index in [0.29, 0.717) is 0 Å². The van der Waals surface area contributed by atoms with E-state index in [-0.39, 0.29) is 22.2 Å². The first-order valence-electron chi connectivity index (χ1n) is 20.3. The monoisotopic (exact) mass is 717 g/mol. The summed E-state index contributed by atoms with van der Waals surface area (Å²) >= 11 is 0. The second-order valence-corrected chi connectivity index (χ2v) is 17.6. The minimum atomic E-state index is -0.274. The van der Waals surface area contributed by atoms with Crippen LogP contribution in [0.25, 0.3) is 39.0 Å². The van der Waals surface area contributed by atoms with Crippen LogP contribution in [0.15, 0.2) is 176 Å². The van der Waals surface area contributed by atoms with Crippen LogP contribution in [-0.4, -0.2) is 0 Å². The Hall–Kier alpha value is -6.18. The second kappa shape index (κ2) is 11.0. The summed E-state index contributed by atoms with van der Waals surface area (Å²) in [4.78, 5) is 2.61. The minimum Gasteiger partial charge on any atom is -0.310 e. The predicted molar refractivity (Wildman–Crippen MR) is 233 cm³/mol. The van der Waals surface area contributed by atoms with E-state index < -0.39 is 0 Å². The van der Waals surface area contributed by atoms with Crippen molar-refractivity contribution in [3.63, 3.8) is 0 Å². The normalized spacial score (nSPS) is 18.8. The smallest absolute Gasteiger partial charge is 0.0541 e. The van der Waals surface area contributed by atoms with Crippen molar-refractivity contribution in [3.8, 4) is 33.4 Å². The molecule has 7 aromatic carbocycles. The van der Waals surface area contributed by atoms with Crippen LogP contribution in [-0.2, 0) is 16.2 Å². The topological polar surface area (TPSA) is 3.24 Å². The zero-order chi connectivity index (χ0) is 37.6. The average Bonchev–Trinajstić information content (AvgIpc) is 3.87. The van der Waals surface area contributed by atoms with E-state index in [1.807, 2.05) is 0 Å². The maximum atomic E-state index is 2.61. The summed E-state index contributed by atoms with van der Waals surface area (Å²) in [5, 5.41) is 0. The van der Waals surface area contributed by atoms with Gasteiger partial charge in [0.25, 0.3) is 0 Å². The van der Waals surface area contributed by atoms with Crippen molar-refractivity contribution in [2.75, 3.05) is 4.90 Å². The average molecular weight is 718 g/mol. The molecule has 0 saturated carbocycles. The van der Waals surface area contributed by atoms with Gasteiger partial charge in [-0.25, -0.2) is 0 Å². The summed E-state index contributed by atoms with van der Waals surface area (Å²) in [5.41, 5.74) is 24.0. The van der Waals surface area contributed by atoms with Gasteiger partial charge in [-0.2, -0.15) is 0 Å². The Morgan fingerprint density at radius 2 is 0.786 bits per heavy atom. The molecule has 0 bridgehead atoms. The molecular weight excluding hydrogens is 675 g/mol. The van der Waals surface area contributed by atoms with Crippen LogP contribution in [0.2, 0.25) is 0 Å². The molecule has 0 saturated heterocycles. The first kappa shape index (κ1) is 32.1. The summed E-state index contributed by atoms with van der Waals surface area (Å²) in [6.07, 6.45) is 5.88. The maximum absolute atomic E-state index is 2.61. The van der Waals surface area contributed by atoms with Crippen molar-refractivity contribution >= 4 is 16.9 Å². The minimum absolute atomic E-state index is 0.112. The van der Waals surface area contributed by atoms with Crippen LogP contribution in [0.1, 0.15) is 78.6 Å². The van der Waals surface area contributed by atoms with Gasteiger partial charge in [0.2, 0.25) is 0 Å². The number of nitrogens with zero attached hydrogens (tertiary/aromatic N) is 1. The molecular formula is C55H43N. The molecule has 0 aliphatic heterocycles. The number of hydrogen-bond acceptors (Lipinski definition) is 1. The highest BCUT2D eigenvalue weighted by Gasteiger charge is 2.57. The van der Waals surface area contributed by atoms with Crippen LogP contribution >= 0.6 is 0 Å². The number of benzene rings is 7. The fraction of sp³-hybridized carbons (Fsp3) is 0.164. The highest BCUT2D eigenvalue weighted by atomic mass is 15.2. The van der Waals surface area contributed by atoms with Gasteiger partial charge in [-0.15, -0.1) is 0 Å². The third-order valence-electron chi connectivity index (χ3n) is 14.3. The van der Waals surface area contributed by atoms with Crippen molar-refractivity contribution < 1.29 is 0 Å². The van der Waals surface area contributed by atoms with E-state index in [0.717, 1.165) is 6.42 Å². The van der Waals surface area contributed by atoms with E-state index in [1.165, 1.54) is 101 Å². The molecule has 1 nitrogen and oxygen atoms in total. The molecule has 0 heterocycles. The SMILES string of the molecule is CC1(C)c2ccccc2-c2ccc(N(C3=C4c5ccccc5C5(c6ccccc6-c6ccccc65)C4CC=C3)c3ccc4c(c3)C(C)(C)c3ccccc3-4)cc21. The standard InChI is InChI=1S/C55H43N/c1-53(2)43-21-10-5-16-36(43)40-30-28-34(32-49(40)53)56(35-29-31-41-37-17-6-11-22-44(37)54(3,4)50(41)33-35)51-27-15-26-48-52(51)42-20-9-14-25-47(42)55(48)45-23-12-7-18-38(45)39-19-8-13-24-46(39)55/h5-25,27-33,48H,26H2,1-4H3. The van der Waals surface area contributed by atoms with Crippen LogP contribution in [0.4, 0.5) is 11.4 Å². The highest BCUT2D eigenvalue weighted by Crippen LogP contribution is 2.66. The first-order chi connectivity index (χ1) is 27.3. The zero-order valence-corrected chi connectivity index (χ0v) is 32.4. The van der Waals surface area contributed by atoms with Crippen molar-refractivity contribution in [3.05, 3.63) is 220 Å². The second-order valence-electron chi connectivity index (χ2n) is 17.6. The van der Waals surface area contributed by atoms with Gasteiger partial charge in [-0.3, -0.25) is 0 Å². The molecule has 56 heavy (non-hydrogen) atoms. The quantitative estimate of drug-likeness (QED) is 0.176. The maximum Gasteiger partial charge on any atom is 0.0541 e. The highest BCUT2D eigenvalue weighted by molar-refractivity contribution is 5.96. The number of fused-ring (bicyclic) bond motifs is 16. The lowest BCUT2D eigenvalue weighted by Gasteiger charge is -2.38. The van der Waals surface area contributed by atoms with Crippen molar-refractivity contribution in [2.24, 2.45) is 5.92 Å². The molecule has 7 aromatic rings. The molecule has 0 aromatic heterocycles. The number of rotatable bonds is 3. The number of anilines is 2. The lowest BCUT2D eigenvalue weighted by molar-refractivity contribution is 0.492. The molecule has 1 atom stereocenters. The Kier molecular flexibility index (Phi) is 6.30. The molecule has 1 heteroatoms.